The first-order chi connectivity index (χ1) is 3.34. The van der Waals surface area contributed by atoms with E-state index in [1.165, 1.54) is 0 Å². The van der Waals surface area contributed by atoms with Crippen molar-refractivity contribution in [1.82, 2.24) is 0 Å². The van der Waals surface area contributed by atoms with Crippen molar-refractivity contribution in [1.29, 1.82) is 5.26 Å². The summed E-state index contributed by atoms with van der Waals surface area (Å²) in [6.07, 6.45) is 1.70. The van der Waals surface area contributed by atoms with Crippen LogP contribution in [0.25, 0.3) is 0 Å². The molecule has 0 heterocycles. The van der Waals surface area contributed by atoms with Gasteiger partial charge in [0.15, 0.2) is 0 Å². The Hall–Kier alpha value is -0.220. The van der Waals surface area contributed by atoms with E-state index in [0.717, 1.165) is 6.42 Å². The van der Waals surface area contributed by atoms with E-state index in [9.17, 15) is 0 Å². The van der Waals surface area contributed by atoms with E-state index in [1.807, 2.05) is 0 Å². The molecule has 0 aromatic carbocycles. The Bertz CT molecular complexity index is 105. The maximum absolute atomic E-state index is 8.09. The van der Waals surface area contributed by atoms with Gasteiger partial charge in [-0.15, -0.1) is 11.6 Å². The molecule has 0 spiro atoms. The van der Waals surface area contributed by atoms with Crippen LogP contribution in [0.2, 0.25) is 0 Å². The number of hydrogen-bond donors (Lipinski definition) is 0. The van der Waals surface area contributed by atoms with E-state index in [4.69, 9.17) is 16.9 Å². The molecule has 1 nitrogen and oxygen atoms in total. The highest BCUT2D eigenvalue weighted by molar-refractivity contribution is 6.22. The average Bonchev–Trinajstić information content (AvgIpc) is 2.22. The first-order valence-electron chi connectivity index (χ1n) is 2.35. The minimum absolute atomic E-state index is 0.319. The highest BCUT2D eigenvalue weighted by Gasteiger charge is 2.34. The third-order valence-electron chi connectivity index (χ3n) is 1.19. The monoisotopic (exact) mass is 115 g/mol. The Balaban J connectivity index is 2.12. The molecule has 1 rings (SSSR count). The van der Waals surface area contributed by atoms with Crippen LogP contribution in [-0.4, -0.2) is 5.38 Å². The molecular formula is C5H6ClN. The lowest BCUT2D eigenvalue weighted by Crippen LogP contribution is -1.73. The minimum Gasteiger partial charge on any atom is -0.198 e. The predicted octanol–water partition coefficient (Wildman–Crippen LogP) is 1.53. The van der Waals surface area contributed by atoms with Crippen LogP contribution in [0.3, 0.4) is 0 Å². The topological polar surface area (TPSA) is 23.8 Å². The third-order valence-corrected chi connectivity index (χ3v) is 1.72. The molecule has 0 aromatic rings. The van der Waals surface area contributed by atoms with Gasteiger partial charge in [0.1, 0.15) is 0 Å². The summed E-state index contributed by atoms with van der Waals surface area (Å²) in [5, 5.41) is 8.40. The fourth-order valence-corrected chi connectivity index (χ4v) is 0.857. The van der Waals surface area contributed by atoms with Crippen molar-refractivity contribution in [2.75, 3.05) is 0 Å². The lowest BCUT2D eigenvalue weighted by Gasteiger charge is -1.75. The number of alkyl halides is 1. The molecule has 0 saturated heterocycles. The summed E-state index contributed by atoms with van der Waals surface area (Å²) in [7, 11) is 0. The first kappa shape index (κ1) is 4.93. The molecule has 0 N–H and O–H groups in total. The fourth-order valence-electron chi connectivity index (χ4n) is 0.539. The third kappa shape index (κ3) is 1.07. The van der Waals surface area contributed by atoms with E-state index in [2.05, 4.69) is 6.07 Å². The van der Waals surface area contributed by atoms with Crippen molar-refractivity contribution >= 4 is 11.6 Å². The summed E-state index contributed by atoms with van der Waals surface area (Å²) in [6.45, 7) is 0. The number of nitriles is 1. The lowest BCUT2D eigenvalue weighted by atomic mass is 10.3. The summed E-state index contributed by atoms with van der Waals surface area (Å²) < 4.78 is 0. The molecule has 1 aliphatic carbocycles. The summed E-state index contributed by atoms with van der Waals surface area (Å²) >= 11 is 5.58. The number of halogens is 1. The Kier molecular flexibility index (Phi) is 1.21. The van der Waals surface area contributed by atoms with Crippen LogP contribution in [0.1, 0.15) is 12.8 Å². The van der Waals surface area contributed by atoms with Crippen LogP contribution in [0.4, 0.5) is 0 Å². The quantitative estimate of drug-likeness (QED) is 0.476. The number of hydrogen-bond acceptors (Lipinski definition) is 1. The van der Waals surface area contributed by atoms with Crippen molar-refractivity contribution in [2.45, 2.75) is 18.2 Å². The maximum Gasteiger partial charge on any atom is 0.0625 e. The second kappa shape index (κ2) is 1.71. The maximum atomic E-state index is 8.09. The zero-order valence-electron chi connectivity index (χ0n) is 3.89. The highest BCUT2D eigenvalue weighted by atomic mass is 35.5. The van der Waals surface area contributed by atoms with E-state index in [-0.39, 0.29) is 0 Å². The van der Waals surface area contributed by atoms with E-state index >= 15 is 0 Å². The standard InChI is InChI=1S/C5H6ClN/c6-5-3-4(5)1-2-7/h4-5H,1,3H2. The van der Waals surface area contributed by atoms with Crippen LogP contribution >= 0.6 is 11.6 Å². The molecule has 0 radical (unpaired) electrons. The van der Waals surface area contributed by atoms with Gasteiger partial charge in [0.05, 0.1) is 6.07 Å². The van der Waals surface area contributed by atoms with Crippen molar-refractivity contribution in [3.05, 3.63) is 0 Å². The lowest BCUT2D eigenvalue weighted by molar-refractivity contribution is 0.875. The molecule has 2 unspecified atom stereocenters. The Morgan fingerprint density at radius 2 is 2.43 bits per heavy atom. The highest BCUT2D eigenvalue weighted by Crippen LogP contribution is 2.38. The van der Waals surface area contributed by atoms with E-state index in [0.29, 0.717) is 17.7 Å². The van der Waals surface area contributed by atoms with E-state index < -0.39 is 0 Å². The molecule has 2 atom stereocenters. The average molecular weight is 116 g/mol. The SMILES string of the molecule is N#CCC1CC1Cl. The zero-order valence-corrected chi connectivity index (χ0v) is 4.65. The molecule has 1 saturated carbocycles. The molecule has 7 heavy (non-hydrogen) atoms. The number of nitrogens with zero attached hydrogens (tertiary/aromatic N) is 1. The van der Waals surface area contributed by atoms with Gasteiger partial charge in [-0.1, -0.05) is 0 Å². The smallest absolute Gasteiger partial charge is 0.0625 e. The summed E-state index contributed by atoms with van der Waals surface area (Å²) in [4.78, 5) is 0. The van der Waals surface area contributed by atoms with Crippen molar-refractivity contribution in [2.24, 2.45) is 5.92 Å². The minimum atomic E-state index is 0.319. The molecule has 1 fully saturated rings. The largest absolute Gasteiger partial charge is 0.198 e. The molecule has 0 amide bonds. The first-order valence-corrected chi connectivity index (χ1v) is 2.79. The van der Waals surface area contributed by atoms with Gasteiger partial charge in [0.2, 0.25) is 0 Å². The van der Waals surface area contributed by atoms with Crippen LogP contribution in [0.5, 0.6) is 0 Å². The van der Waals surface area contributed by atoms with Gasteiger partial charge < -0.3 is 0 Å². The van der Waals surface area contributed by atoms with Crippen LogP contribution in [0, 0.1) is 17.2 Å². The molecule has 0 bridgehead atoms. The molecule has 1 aliphatic rings. The second-order valence-electron chi connectivity index (χ2n) is 1.87. The zero-order chi connectivity index (χ0) is 5.28. The van der Waals surface area contributed by atoms with Gasteiger partial charge in [-0.25, -0.2) is 0 Å². The fraction of sp³-hybridized carbons (Fsp3) is 0.800. The van der Waals surface area contributed by atoms with Crippen molar-refractivity contribution in [3.8, 4) is 6.07 Å². The van der Waals surface area contributed by atoms with Crippen LogP contribution in [0.15, 0.2) is 0 Å². The molecule has 38 valence electrons. The summed E-state index contributed by atoms with van der Waals surface area (Å²) in [5.74, 6) is 0.520. The Morgan fingerprint density at radius 3 is 2.57 bits per heavy atom. The van der Waals surface area contributed by atoms with Crippen molar-refractivity contribution in [3.63, 3.8) is 0 Å². The van der Waals surface area contributed by atoms with Crippen LogP contribution < -0.4 is 0 Å². The van der Waals surface area contributed by atoms with Gasteiger partial charge in [0.25, 0.3) is 0 Å². The van der Waals surface area contributed by atoms with Gasteiger partial charge >= 0.3 is 0 Å². The van der Waals surface area contributed by atoms with Gasteiger partial charge in [0, 0.05) is 11.8 Å². The normalized spacial score (nSPS) is 37.1. The molecule has 0 aliphatic heterocycles. The Morgan fingerprint density at radius 1 is 1.86 bits per heavy atom. The molecule has 0 aromatic heterocycles. The van der Waals surface area contributed by atoms with Crippen molar-refractivity contribution < 1.29 is 0 Å². The van der Waals surface area contributed by atoms with Crippen LogP contribution in [-0.2, 0) is 0 Å². The second-order valence-corrected chi connectivity index (χ2v) is 2.43. The summed E-state index contributed by atoms with van der Waals surface area (Å²) in [5.41, 5.74) is 0. The van der Waals surface area contributed by atoms with Gasteiger partial charge in [-0.05, 0) is 12.3 Å². The summed E-state index contributed by atoms with van der Waals surface area (Å²) in [6, 6.07) is 2.08. The molecule has 2 heteroatoms. The van der Waals surface area contributed by atoms with Gasteiger partial charge in [-0.2, -0.15) is 5.26 Å². The van der Waals surface area contributed by atoms with E-state index in [1.54, 1.807) is 0 Å². The Labute approximate surface area is 47.9 Å². The molecular weight excluding hydrogens is 110 g/mol. The van der Waals surface area contributed by atoms with Gasteiger partial charge in [-0.3, -0.25) is 0 Å². The number of rotatable bonds is 1. The predicted molar refractivity (Wildman–Crippen MR) is 28.0 cm³/mol.